The second kappa shape index (κ2) is 7.08. The Morgan fingerprint density at radius 2 is 1.72 bits per heavy atom. The number of hydrogen-bond donors (Lipinski definition) is 0. The third-order valence-corrected chi connectivity index (χ3v) is 5.98. The maximum absolute atomic E-state index is 4.36. The highest BCUT2D eigenvalue weighted by Gasteiger charge is 2.37. The van der Waals surface area contributed by atoms with Crippen molar-refractivity contribution in [3.8, 4) is 0 Å². The summed E-state index contributed by atoms with van der Waals surface area (Å²) < 4.78 is 0. The number of aryl methyl sites for hydroxylation is 1. The molecule has 0 bridgehead atoms. The van der Waals surface area contributed by atoms with Gasteiger partial charge in [-0.05, 0) is 74.9 Å². The summed E-state index contributed by atoms with van der Waals surface area (Å²) in [6.45, 7) is 7.66. The number of pyridine rings is 1. The quantitative estimate of drug-likeness (QED) is 0.861. The lowest BCUT2D eigenvalue weighted by molar-refractivity contribution is 0.0756. The van der Waals surface area contributed by atoms with Crippen molar-refractivity contribution in [2.75, 3.05) is 31.1 Å². The van der Waals surface area contributed by atoms with Gasteiger partial charge in [0.15, 0.2) is 5.82 Å². The molecule has 5 heteroatoms. The van der Waals surface area contributed by atoms with Crippen LogP contribution in [0.25, 0.3) is 0 Å². The molecule has 2 aliphatic rings. The van der Waals surface area contributed by atoms with Gasteiger partial charge in [0, 0.05) is 32.0 Å². The fourth-order valence-corrected chi connectivity index (χ4v) is 4.21. The fourth-order valence-electron chi connectivity index (χ4n) is 4.21. The zero-order valence-corrected chi connectivity index (χ0v) is 15.1. The van der Waals surface area contributed by atoms with Gasteiger partial charge < -0.3 is 4.90 Å². The van der Waals surface area contributed by atoms with Crippen LogP contribution in [0.3, 0.4) is 0 Å². The van der Waals surface area contributed by atoms with Crippen molar-refractivity contribution in [1.29, 1.82) is 0 Å². The van der Waals surface area contributed by atoms with Gasteiger partial charge in [0.25, 0.3) is 0 Å². The molecule has 1 spiro atoms. The number of anilines is 1. The van der Waals surface area contributed by atoms with Crippen molar-refractivity contribution >= 4 is 5.82 Å². The fraction of sp³-hybridized carbons (Fsp3) is 0.550. The van der Waals surface area contributed by atoms with Gasteiger partial charge in [-0.15, -0.1) is 5.10 Å². The van der Waals surface area contributed by atoms with E-state index in [2.05, 4.69) is 43.2 Å². The first-order chi connectivity index (χ1) is 12.2. The standard InChI is InChI=1S/C20H27N5/c1-17-4-5-19(23-22-17)25-13-8-20(9-14-25)6-11-24(12-7-20)16-18-3-2-10-21-15-18/h2-5,10,15H,6-9,11-14,16H2,1H3. The molecule has 0 radical (unpaired) electrons. The van der Waals surface area contributed by atoms with Gasteiger partial charge in [-0.2, -0.15) is 5.10 Å². The Labute approximate surface area is 150 Å². The average molecular weight is 337 g/mol. The van der Waals surface area contributed by atoms with Crippen LogP contribution in [0, 0.1) is 12.3 Å². The topological polar surface area (TPSA) is 45.2 Å². The molecule has 0 aliphatic carbocycles. The molecule has 0 amide bonds. The lowest BCUT2D eigenvalue weighted by Gasteiger charge is -2.47. The highest BCUT2D eigenvalue weighted by atomic mass is 15.3. The molecule has 25 heavy (non-hydrogen) atoms. The SMILES string of the molecule is Cc1ccc(N2CCC3(CCN(Cc4cccnc4)CC3)CC2)nn1. The van der Waals surface area contributed by atoms with Crippen molar-refractivity contribution in [2.45, 2.75) is 39.2 Å². The lowest BCUT2D eigenvalue weighted by atomic mass is 9.71. The number of hydrogen-bond acceptors (Lipinski definition) is 5. The van der Waals surface area contributed by atoms with E-state index in [1.165, 1.54) is 44.3 Å². The van der Waals surface area contributed by atoms with Crippen molar-refractivity contribution in [3.63, 3.8) is 0 Å². The monoisotopic (exact) mass is 337 g/mol. The molecule has 5 nitrogen and oxygen atoms in total. The predicted octanol–water partition coefficient (Wildman–Crippen LogP) is 3.06. The van der Waals surface area contributed by atoms with E-state index in [-0.39, 0.29) is 0 Å². The molecule has 2 fully saturated rings. The van der Waals surface area contributed by atoms with Crippen molar-refractivity contribution < 1.29 is 0 Å². The van der Waals surface area contributed by atoms with E-state index in [1.807, 2.05) is 25.4 Å². The second-order valence-corrected chi connectivity index (χ2v) is 7.66. The average Bonchev–Trinajstić information content (AvgIpc) is 2.66. The van der Waals surface area contributed by atoms with Crippen LogP contribution >= 0.6 is 0 Å². The Morgan fingerprint density at radius 1 is 0.960 bits per heavy atom. The minimum atomic E-state index is 0.542. The number of aromatic nitrogens is 3. The molecule has 0 unspecified atom stereocenters. The van der Waals surface area contributed by atoms with Crippen LogP contribution in [0.15, 0.2) is 36.7 Å². The van der Waals surface area contributed by atoms with Crippen molar-refractivity contribution in [1.82, 2.24) is 20.1 Å². The lowest BCUT2D eigenvalue weighted by Crippen LogP contribution is -2.46. The molecule has 2 saturated heterocycles. The van der Waals surface area contributed by atoms with E-state index in [9.17, 15) is 0 Å². The van der Waals surface area contributed by atoms with E-state index in [0.717, 1.165) is 31.1 Å². The van der Waals surface area contributed by atoms with Gasteiger partial charge in [0.1, 0.15) is 0 Å². The molecule has 132 valence electrons. The van der Waals surface area contributed by atoms with E-state index in [4.69, 9.17) is 0 Å². The van der Waals surface area contributed by atoms with Crippen LogP contribution in [0.2, 0.25) is 0 Å². The maximum atomic E-state index is 4.36. The van der Waals surface area contributed by atoms with Gasteiger partial charge in [-0.1, -0.05) is 6.07 Å². The highest BCUT2D eigenvalue weighted by molar-refractivity contribution is 5.37. The Morgan fingerprint density at radius 3 is 2.36 bits per heavy atom. The molecule has 0 saturated carbocycles. The molecule has 0 N–H and O–H groups in total. The van der Waals surface area contributed by atoms with Crippen LogP contribution < -0.4 is 4.90 Å². The summed E-state index contributed by atoms with van der Waals surface area (Å²) in [6.07, 6.45) is 9.04. The molecule has 4 heterocycles. The molecule has 0 aromatic carbocycles. The third-order valence-electron chi connectivity index (χ3n) is 5.98. The molecule has 2 aromatic heterocycles. The number of nitrogens with zero attached hydrogens (tertiary/aromatic N) is 5. The largest absolute Gasteiger partial charge is 0.355 e. The Balaban J connectivity index is 1.30. The normalized spacial score (nSPS) is 20.8. The molecule has 4 rings (SSSR count). The van der Waals surface area contributed by atoms with Crippen LogP contribution in [0.4, 0.5) is 5.82 Å². The Bertz CT molecular complexity index is 667. The van der Waals surface area contributed by atoms with Crippen molar-refractivity contribution in [3.05, 3.63) is 47.9 Å². The van der Waals surface area contributed by atoms with Gasteiger partial charge in [-0.25, -0.2) is 0 Å². The van der Waals surface area contributed by atoms with Crippen molar-refractivity contribution in [2.24, 2.45) is 5.41 Å². The molecule has 2 aromatic rings. The van der Waals surface area contributed by atoms with Gasteiger partial charge in [0.05, 0.1) is 5.69 Å². The summed E-state index contributed by atoms with van der Waals surface area (Å²) in [5, 5.41) is 8.56. The smallest absolute Gasteiger partial charge is 0.151 e. The van der Waals surface area contributed by atoms with E-state index in [1.54, 1.807) is 0 Å². The summed E-state index contributed by atoms with van der Waals surface area (Å²) in [7, 11) is 0. The summed E-state index contributed by atoms with van der Waals surface area (Å²) in [4.78, 5) is 9.22. The first kappa shape index (κ1) is 16.5. The van der Waals surface area contributed by atoms with Crippen LogP contribution in [0.5, 0.6) is 0 Å². The van der Waals surface area contributed by atoms with E-state index in [0.29, 0.717) is 5.41 Å². The third kappa shape index (κ3) is 3.82. The van der Waals surface area contributed by atoms with Crippen LogP contribution in [-0.2, 0) is 6.54 Å². The predicted molar refractivity (Wildman–Crippen MR) is 99.4 cm³/mol. The zero-order valence-electron chi connectivity index (χ0n) is 15.1. The summed E-state index contributed by atoms with van der Waals surface area (Å²) in [5.74, 6) is 1.04. The maximum Gasteiger partial charge on any atom is 0.151 e. The minimum absolute atomic E-state index is 0.542. The Hall–Kier alpha value is -2.01. The van der Waals surface area contributed by atoms with Crippen LogP contribution in [0.1, 0.15) is 36.9 Å². The Kier molecular flexibility index (Phi) is 4.66. The summed E-state index contributed by atoms with van der Waals surface area (Å²) in [6, 6.07) is 8.38. The van der Waals surface area contributed by atoms with Gasteiger partial charge >= 0.3 is 0 Å². The van der Waals surface area contributed by atoms with Gasteiger partial charge in [-0.3, -0.25) is 9.88 Å². The minimum Gasteiger partial charge on any atom is -0.355 e. The summed E-state index contributed by atoms with van der Waals surface area (Å²) in [5.41, 5.74) is 2.85. The van der Waals surface area contributed by atoms with E-state index < -0.39 is 0 Å². The van der Waals surface area contributed by atoms with Crippen LogP contribution in [-0.4, -0.2) is 46.3 Å². The highest BCUT2D eigenvalue weighted by Crippen LogP contribution is 2.42. The van der Waals surface area contributed by atoms with Gasteiger partial charge in [0.2, 0.25) is 0 Å². The molecular formula is C20H27N5. The summed E-state index contributed by atoms with van der Waals surface area (Å²) >= 11 is 0. The number of rotatable bonds is 3. The molecular weight excluding hydrogens is 310 g/mol. The van der Waals surface area contributed by atoms with E-state index >= 15 is 0 Å². The number of piperidine rings is 2. The first-order valence-electron chi connectivity index (χ1n) is 9.39. The second-order valence-electron chi connectivity index (χ2n) is 7.66. The molecule has 0 atom stereocenters. The molecule has 2 aliphatic heterocycles. The number of likely N-dealkylation sites (tertiary alicyclic amines) is 1. The zero-order chi connectivity index (χ0) is 17.1. The first-order valence-corrected chi connectivity index (χ1v) is 9.39.